The first-order chi connectivity index (χ1) is 16.8. The molecule has 0 N–H and O–H groups in total. The lowest BCUT2D eigenvalue weighted by molar-refractivity contribution is -0.216. The molecule has 0 amide bonds. The Balaban J connectivity index is 1.88. The summed E-state index contributed by atoms with van der Waals surface area (Å²) in [7, 11) is 0. The monoisotopic (exact) mass is 481 g/mol. The van der Waals surface area contributed by atoms with Crippen LogP contribution in [0.2, 0.25) is 0 Å². The lowest BCUT2D eigenvalue weighted by atomic mass is 9.92. The van der Waals surface area contributed by atoms with E-state index in [0.29, 0.717) is 22.4 Å². The molecule has 35 heavy (non-hydrogen) atoms. The van der Waals surface area contributed by atoms with Crippen LogP contribution in [0.25, 0.3) is 0 Å². The Labute approximate surface area is 203 Å². The van der Waals surface area contributed by atoms with Crippen molar-refractivity contribution in [1.29, 1.82) is 5.26 Å². The highest BCUT2D eigenvalue weighted by Gasteiger charge is 2.44. The summed E-state index contributed by atoms with van der Waals surface area (Å²) in [6, 6.07) is 16.6. The van der Waals surface area contributed by atoms with Crippen molar-refractivity contribution in [2.45, 2.75) is 58.2 Å². The number of benzene rings is 2. The molecule has 3 rings (SSSR count). The minimum Gasteiger partial charge on any atom is -0.489 e. The van der Waals surface area contributed by atoms with Crippen LogP contribution in [0.15, 0.2) is 48.5 Å². The van der Waals surface area contributed by atoms with Crippen LogP contribution in [-0.4, -0.2) is 42.8 Å². The summed E-state index contributed by atoms with van der Waals surface area (Å²) in [4.78, 5) is 34.9. The number of ether oxygens (including phenoxy) is 5. The van der Waals surface area contributed by atoms with E-state index >= 15 is 0 Å². The molecular weight excluding hydrogens is 454 g/mol. The Hall–Kier alpha value is -3.90. The van der Waals surface area contributed by atoms with E-state index in [1.165, 1.54) is 20.8 Å². The molecule has 1 saturated heterocycles. The fraction of sp³-hybridized carbons (Fsp3) is 0.385. The van der Waals surface area contributed by atoms with Crippen LogP contribution in [0.3, 0.4) is 0 Å². The molecule has 1 heterocycles. The van der Waals surface area contributed by atoms with Crippen LogP contribution in [0, 0.1) is 11.3 Å². The first kappa shape index (κ1) is 25.7. The number of hydrogen-bond donors (Lipinski definition) is 0. The van der Waals surface area contributed by atoms with Crippen LogP contribution >= 0.6 is 0 Å². The van der Waals surface area contributed by atoms with Gasteiger partial charge in [0.05, 0.1) is 17.7 Å². The van der Waals surface area contributed by atoms with Crippen LogP contribution in [0.4, 0.5) is 0 Å². The zero-order valence-corrected chi connectivity index (χ0v) is 19.8. The summed E-state index contributed by atoms with van der Waals surface area (Å²) in [5.41, 5.74) is 1.81. The highest BCUT2D eigenvalue weighted by molar-refractivity contribution is 5.67. The highest BCUT2D eigenvalue weighted by atomic mass is 16.6. The molecule has 9 heteroatoms. The van der Waals surface area contributed by atoms with Gasteiger partial charge in [0.2, 0.25) is 0 Å². The molecule has 0 aromatic heterocycles. The number of carbonyl (C=O) groups is 3. The van der Waals surface area contributed by atoms with E-state index in [1.54, 1.807) is 18.2 Å². The van der Waals surface area contributed by atoms with E-state index in [0.717, 1.165) is 0 Å². The van der Waals surface area contributed by atoms with Crippen molar-refractivity contribution in [3.8, 4) is 11.8 Å². The van der Waals surface area contributed by atoms with Gasteiger partial charge in [0.15, 0.2) is 6.10 Å². The first-order valence-electron chi connectivity index (χ1n) is 11.1. The number of esters is 3. The first-order valence-corrected chi connectivity index (χ1v) is 11.1. The molecule has 4 unspecified atom stereocenters. The minimum absolute atomic E-state index is 0.161. The standard InChI is InChI=1S/C26H27NO8/c1-16(28)31-15-25-26(34-18(3)30)24(33-17(2)29)12-23(35-25)19-9-10-20(13-27)21(11-19)14-32-22-7-5-4-6-8-22/h4-11,23-26H,12,14-15H2,1-3H3. The predicted molar refractivity (Wildman–Crippen MR) is 122 cm³/mol. The Morgan fingerprint density at radius 1 is 1.00 bits per heavy atom. The largest absolute Gasteiger partial charge is 0.489 e. The lowest BCUT2D eigenvalue weighted by Gasteiger charge is -2.40. The van der Waals surface area contributed by atoms with E-state index in [4.69, 9.17) is 23.7 Å². The molecule has 184 valence electrons. The molecule has 1 aliphatic rings. The molecule has 0 spiro atoms. The maximum absolute atomic E-state index is 11.8. The van der Waals surface area contributed by atoms with Gasteiger partial charge in [0, 0.05) is 32.8 Å². The third kappa shape index (κ3) is 7.29. The molecule has 2 aromatic rings. The Morgan fingerprint density at radius 3 is 2.34 bits per heavy atom. The summed E-state index contributed by atoms with van der Waals surface area (Å²) in [5.74, 6) is -0.993. The van der Waals surface area contributed by atoms with Gasteiger partial charge in [-0.05, 0) is 29.8 Å². The zero-order valence-electron chi connectivity index (χ0n) is 19.8. The van der Waals surface area contributed by atoms with Crippen LogP contribution in [0.5, 0.6) is 5.75 Å². The second-order valence-electron chi connectivity index (χ2n) is 8.05. The van der Waals surface area contributed by atoms with Gasteiger partial charge in [-0.15, -0.1) is 0 Å². The van der Waals surface area contributed by atoms with Gasteiger partial charge in [-0.1, -0.05) is 24.3 Å². The van der Waals surface area contributed by atoms with Crippen molar-refractivity contribution < 1.29 is 38.1 Å². The van der Waals surface area contributed by atoms with Crippen LogP contribution in [-0.2, 0) is 39.9 Å². The fourth-order valence-corrected chi connectivity index (χ4v) is 3.87. The van der Waals surface area contributed by atoms with Gasteiger partial charge in [0.25, 0.3) is 0 Å². The van der Waals surface area contributed by atoms with Crippen LogP contribution in [0.1, 0.15) is 50.0 Å². The van der Waals surface area contributed by atoms with Crippen molar-refractivity contribution in [3.63, 3.8) is 0 Å². The minimum atomic E-state index is -0.953. The average Bonchev–Trinajstić information content (AvgIpc) is 2.82. The van der Waals surface area contributed by atoms with Gasteiger partial charge in [-0.25, -0.2) is 0 Å². The summed E-state index contributed by atoms with van der Waals surface area (Å²) in [6.45, 7) is 3.72. The maximum Gasteiger partial charge on any atom is 0.303 e. The quantitative estimate of drug-likeness (QED) is 0.412. The molecule has 0 radical (unpaired) electrons. The molecule has 0 saturated carbocycles. The summed E-state index contributed by atoms with van der Waals surface area (Å²) in [5, 5.41) is 9.55. The second kappa shape index (κ2) is 12.0. The maximum atomic E-state index is 11.8. The van der Waals surface area contributed by atoms with Gasteiger partial charge >= 0.3 is 17.9 Å². The predicted octanol–water partition coefficient (Wildman–Crippen LogP) is 3.39. The van der Waals surface area contributed by atoms with Gasteiger partial charge in [-0.3, -0.25) is 14.4 Å². The Bertz CT molecular complexity index is 1090. The van der Waals surface area contributed by atoms with Crippen molar-refractivity contribution in [1.82, 2.24) is 0 Å². The zero-order chi connectivity index (χ0) is 25.4. The normalized spacial score (nSPS) is 21.3. The molecule has 1 aliphatic heterocycles. The third-order valence-corrected chi connectivity index (χ3v) is 5.35. The average molecular weight is 482 g/mol. The van der Waals surface area contributed by atoms with Crippen molar-refractivity contribution in [2.24, 2.45) is 0 Å². The van der Waals surface area contributed by atoms with Crippen molar-refractivity contribution in [2.75, 3.05) is 6.61 Å². The summed E-state index contributed by atoms with van der Waals surface area (Å²) >= 11 is 0. The second-order valence-corrected chi connectivity index (χ2v) is 8.05. The fourth-order valence-electron chi connectivity index (χ4n) is 3.87. The molecule has 0 bridgehead atoms. The molecule has 9 nitrogen and oxygen atoms in total. The number of carbonyl (C=O) groups excluding carboxylic acids is 3. The van der Waals surface area contributed by atoms with E-state index in [1.807, 2.05) is 30.3 Å². The van der Waals surface area contributed by atoms with E-state index in [-0.39, 0.29) is 19.6 Å². The molecule has 4 atom stereocenters. The SMILES string of the molecule is CC(=O)OCC1OC(c2ccc(C#N)c(COc3ccccc3)c2)CC(OC(C)=O)C1OC(C)=O. The van der Waals surface area contributed by atoms with E-state index in [9.17, 15) is 19.6 Å². The topological polar surface area (TPSA) is 121 Å². The van der Waals surface area contributed by atoms with Gasteiger partial charge < -0.3 is 23.7 Å². The highest BCUT2D eigenvalue weighted by Crippen LogP contribution is 2.36. The number of rotatable bonds is 8. The molecule has 1 fully saturated rings. The van der Waals surface area contributed by atoms with Gasteiger partial charge in [-0.2, -0.15) is 5.26 Å². The summed E-state index contributed by atoms with van der Waals surface area (Å²) < 4.78 is 28.0. The molecular formula is C26H27NO8. The number of nitriles is 1. The lowest BCUT2D eigenvalue weighted by Crippen LogP contribution is -2.51. The number of para-hydroxylation sites is 1. The van der Waals surface area contributed by atoms with Crippen molar-refractivity contribution in [3.05, 3.63) is 65.2 Å². The number of nitrogens with zero attached hydrogens (tertiary/aromatic N) is 1. The van der Waals surface area contributed by atoms with E-state index in [2.05, 4.69) is 6.07 Å². The number of hydrogen-bond acceptors (Lipinski definition) is 9. The molecule has 2 aromatic carbocycles. The smallest absolute Gasteiger partial charge is 0.303 e. The van der Waals surface area contributed by atoms with Crippen molar-refractivity contribution >= 4 is 17.9 Å². The van der Waals surface area contributed by atoms with E-state index < -0.39 is 42.3 Å². The third-order valence-electron chi connectivity index (χ3n) is 5.35. The van der Waals surface area contributed by atoms with Crippen LogP contribution < -0.4 is 4.74 Å². The Kier molecular flexibility index (Phi) is 8.81. The molecule has 0 aliphatic carbocycles. The van der Waals surface area contributed by atoms with Gasteiger partial charge in [0.1, 0.15) is 31.2 Å². The summed E-state index contributed by atoms with van der Waals surface area (Å²) in [6.07, 6.45) is -3.04. The Morgan fingerprint density at radius 2 is 1.71 bits per heavy atom.